The van der Waals surface area contributed by atoms with E-state index in [2.05, 4.69) is 40.0 Å². The van der Waals surface area contributed by atoms with Crippen molar-refractivity contribution in [1.29, 1.82) is 0 Å². The number of ether oxygens (including phenoxy) is 1. The number of rotatable bonds is 4. The summed E-state index contributed by atoms with van der Waals surface area (Å²) in [5, 5.41) is 10.4. The molecule has 2 aliphatic rings. The summed E-state index contributed by atoms with van der Waals surface area (Å²) < 4.78 is 6.49. The van der Waals surface area contributed by atoms with Crippen LogP contribution in [-0.2, 0) is 4.74 Å². The van der Waals surface area contributed by atoms with Crippen LogP contribution in [0.5, 0.6) is 0 Å². The van der Waals surface area contributed by atoms with Gasteiger partial charge in [-0.05, 0) is 47.0 Å². The van der Waals surface area contributed by atoms with Gasteiger partial charge in [0.05, 0.1) is 18.3 Å². The topological polar surface area (TPSA) is 29.5 Å². The first-order chi connectivity index (χ1) is 10.3. The molecule has 0 aromatic rings. The lowest BCUT2D eigenvalue weighted by Crippen LogP contribution is -2.41. The molecule has 0 saturated heterocycles. The van der Waals surface area contributed by atoms with Crippen molar-refractivity contribution in [2.75, 3.05) is 0 Å². The Hall–Kier alpha value is -1.12. The minimum Gasteiger partial charge on any atom is -0.388 e. The fourth-order valence-electron chi connectivity index (χ4n) is 3.76. The Labute approximate surface area is 135 Å². The van der Waals surface area contributed by atoms with Crippen molar-refractivity contribution in [1.82, 2.24) is 0 Å². The molecule has 0 aromatic heterocycles. The molecule has 0 aromatic carbocycles. The lowest BCUT2D eigenvalue weighted by atomic mass is 9.79. The molecule has 2 nitrogen and oxygen atoms in total. The molecule has 2 heteroatoms. The van der Waals surface area contributed by atoms with Crippen LogP contribution in [0, 0.1) is 11.8 Å². The second-order valence-corrected chi connectivity index (χ2v) is 7.22. The van der Waals surface area contributed by atoms with E-state index >= 15 is 0 Å². The minimum atomic E-state index is -0.492. The van der Waals surface area contributed by atoms with E-state index in [1.54, 1.807) is 0 Å². The molecule has 0 amide bonds. The van der Waals surface area contributed by atoms with E-state index in [-0.39, 0.29) is 18.1 Å². The van der Waals surface area contributed by atoms with Gasteiger partial charge in [-0.1, -0.05) is 47.6 Å². The van der Waals surface area contributed by atoms with Gasteiger partial charge in [-0.25, -0.2) is 0 Å². The zero-order valence-electron chi connectivity index (χ0n) is 14.4. The lowest BCUT2D eigenvalue weighted by Gasteiger charge is -2.39. The van der Waals surface area contributed by atoms with E-state index in [0.717, 1.165) is 24.8 Å². The summed E-state index contributed by atoms with van der Waals surface area (Å²) in [5.41, 5.74) is 4.75. The van der Waals surface area contributed by atoms with Gasteiger partial charge in [0.15, 0.2) is 0 Å². The number of aliphatic hydroxyl groups excluding tert-OH is 1. The molecular weight excluding hydrogens is 272 g/mol. The van der Waals surface area contributed by atoms with Crippen LogP contribution in [0.2, 0.25) is 0 Å². The van der Waals surface area contributed by atoms with E-state index < -0.39 is 6.10 Å². The molecule has 0 radical (unpaired) electrons. The average Bonchev–Trinajstić information content (AvgIpc) is 2.36. The first-order valence-corrected chi connectivity index (χ1v) is 8.28. The van der Waals surface area contributed by atoms with Gasteiger partial charge in [0.2, 0.25) is 0 Å². The maximum absolute atomic E-state index is 10.4. The summed E-state index contributed by atoms with van der Waals surface area (Å²) in [6.07, 6.45) is 6.84. The van der Waals surface area contributed by atoms with Crippen molar-refractivity contribution >= 4 is 0 Å². The van der Waals surface area contributed by atoms with Gasteiger partial charge < -0.3 is 9.84 Å². The van der Waals surface area contributed by atoms with Crippen molar-refractivity contribution in [3.63, 3.8) is 0 Å². The summed E-state index contributed by atoms with van der Waals surface area (Å²) in [6.45, 7) is 16.5. The molecule has 0 aliphatic heterocycles. The van der Waals surface area contributed by atoms with Crippen LogP contribution < -0.4 is 0 Å². The third-order valence-corrected chi connectivity index (χ3v) is 4.98. The molecule has 2 rings (SSSR count). The summed E-state index contributed by atoms with van der Waals surface area (Å²) >= 11 is 0. The van der Waals surface area contributed by atoms with Crippen LogP contribution in [0.15, 0.2) is 47.6 Å². The largest absolute Gasteiger partial charge is 0.388 e. The quantitative estimate of drug-likeness (QED) is 0.770. The second-order valence-electron chi connectivity index (χ2n) is 7.22. The van der Waals surface area contributed by atoms with Gasteiger partial charge in [0.25, 0.3) is 0 Å². The normalized spacial score (nSPS) is 35.6. The zero-order chi connectivity index (χ0) is 16.4. The maximum Gasteiger partial charge on any atom is 0.0827 e. The van der Waals surface area contributed by atoms with E-state index in [4.69, 9.17) is 4.74 Å². The third-order valence-electron chi connectivity index (χ3n) is 4.98. The highest BCUT2D eigenvalue weighted by Crippen LogP contribution is 2.36. The first kappa shape index (κ1) is 17.2. The van der Waals surface area contributed by atoms with Gasteiger partial charge in [-0.15, -0.1) is 0 Å². The molecule has 0 saturated carbocycles. The van der Waals surface area contributed by atoms with Crippen LogP contribution in [0.4, 0.5) is 0 Å². The van der Waals surface area contributed by atoms with Gasteiger partial charge >= 0.3 is 0 Å². The van der Waals surface area contributed by atoms with Crippen LogP contribution in [0.1, 0.15) is 47.0 Å². The molecule has 1 N–H and O–H groups in total. The smallest absolute Gasteiger partial charge is 0.0827 e. The highest BCUT2D eigenvalue weighted by molar-refractivity contribution is 5.20. The highest BCUT2D eigenvalue weighted by Gasteiger charge is 2.36. The molecule has 1 unspecified atom stereocenters. The average molecular weight is 302 g/mol. The Morgan fingerprint density at radius 2 is 1.82 bits per heavy atom. The molecular formula is C20H30O2. The second kappa shape index (κ2) is 6.97. The van der Waals surface area contributed by atoms with Gasteiger partial charge in [0.1, 0.15) is 0 Å². The van der Waals surface area contributed by atoms with Crippen LogP contribution in [0.3, 0.4) is 0 Å². The predicted molar refractivity (Wildman–Crippen MR) is 92.6 cm³/mol. The van der Waals surface area contributed by atoms with Crippen LogP contribution in [-0.4, -0.2) is 23.4 Å². The molecule has 0 bridgehead atoms. The van der Waals surface area contributed by atoms with E-state index in [1.807, 2.05) is 13.0 Å². The van der Waals surface area contributed by atoms with Crippen molar-refractivity contribution in [3.8, 4) is 0 Å². The van der Waals surface area contributed by atoms with Crippen molar-refractivity contribution < 1.29 is 9.84 Å². The summed E-state index contributed by atoms with van der Waals surface area (Å²) in [4.78, 5) is 0. The number of hydrogen-bond acceptors (Lipinski definition) is 2. The first-order valence-electron chi connectivity index (χ1n) is 8.28. The predicted octanol–water partition coefficient (Wildman–Crippen LogP) is 4.58. The third kappa shape index (κ3) is 3.80. The fourth-order valence-corrected chi connectivity index (χ4v) is 3.76. The summed E-state index contributed by atoms with van der Waals surface area (Å²) in [5.74, 6) is 0.350. The molecule has 0 fully saturated rings. The van der Waals surface area contributed by atoms with Gasteiger partial charge in [0, 0.05) is 11.8 Å². The molecule has 5 atom stereocenters. The van der Waals surface area contributed by atoms with Gasteiger partial charge in [-0.3, -0.25) is 0 Å². The summed E-state index contributed by atoms with van der Waals surface area (Å²) in [7, 11) is 0. The molecule has 122 valence electrons. The van der Waals surface area contributed by atoms with Crippen LogP contribution in [0.25, 0.3) is 0 Å². The number of aliphatic hydroxyl groups is 1. The summed E-state index contributed by atoms with van der Waals surface area (Å²) in [6, 6.07) is 0. The van der Waals surface area contributed by atoms with E-state index in [9.17, 15) is 5.11 Å². The molecule has 0 spiro atoms. The van der Waals surface area contributed by atoms with Crippen LogP contribution >= 0.6 is 0 Å². The van der Waals surface area contributed by atoms with E-state index in [1.165, 1.54) is 16.7 Å². The number of hydrogen-bond donors (Lipinski definition) is 1. The minimum absolute atomic E-state index is 0.00787. The lowest BCUT2D eigenvalue weighted by molar-refractivity contribution is -0.0603. The molecule has 22 heavy (non-hydrogen) atoms. The molecule has 2 aliphatic carbocycles. The number of allylic oxidation sites excluding steroid dienone is 1. The Balaban J connectivity index is 2.22. The monoisotopic (exact) mass is 302 g/mol. The van der Waals surface area contributed by atoms with Gasteiger partial charge in [-0.2, -0.15) is 0 Å². The standard InChI is InChI=1S/C20H30O2/c1-12(2)16-8-7-14(5)10-18(16)22-19-11-15(6)9-17(21)20(19)13(3)4/h9-10,16-21H,1,3,7-8,11H2,2,4-6H3/t16-,17+,18-,19?,20-/m0/s1. The van der Waals surface area contributed by atoms with Crippen molar-refractivity contribution in [3.05, 3.63) is 47.6 Å². The fraction of sp³-hybridized carbons (Fsp3) is 0.600. The van der Waals surface area contributed by atoms with Crippen molar-refractivity contribution in [2.24, 2.45) is 11.8 Å². The highest BCUT2D eigenvalue weighted by atomic mass is 16.5. The Bertz CT molecular complexity index is 512. The van der Waals surface area contributed by atoms with Crippen molar-refractivity contribution in [2.45, 2.75) is 65.3 Å². The Kier molecular flexibility index (Phi) is 5.46. The Morgan fingerprint density at radius 1 is 1.14 bits per heavy atom. The Morgan fingerprint density at radius 3 is 2.41 bits per heavy atom. The SMILES string of the molecule is C=C(C)[C@@H]1C(O[C@H]2C=C(C)CC[C@H]2C(=C)C)CC(C)=C[C@H]1O. The molecule has 0 heterocycles. The van der Waals surface area contributed by atoms with E-state index in [0.29, 0.717) is 5.92 Å². The maximum atomic E-state index is 10.4. The zero-order valence-corrected chi connectivity index (χ0v) is 14.4.